The lowest BCUT2D eigenvalue weighted by molar-refractivity contribution is 1.05. The Morgan fingerprint density at radius 2 is 2.06 bits per heavy atom. The molecule has 2 aromatic heterocycles. The van der Waals surface area contributed by atoms with Crippen LogP contribution in [0.5, 0.6) is 0 Å². The van der Waals surface area contributed by atoms with Gasteiger partial charge in [0.25, 0.3) is 0 Å². The molecule has 3 N–H and O–H groups in total. The summed E-state index contributed by atoms with van der Waals surface area (Å²) in [5.74, 6) is 0.730. The minimum absolute atomic E-state index is 0.664. The van der Waals surface area contributed by atoms with Crippen LogP contribution < -0.4 is 11.1 Å². The Bertz CT molecular complexity index is 523. The predicted octanol–water partition coefficient (Wildman–Crippen LogP) is 2.29. The first-order valence-corrected chi connectivity index (χ1v) is 5.53. The lowest BCUT2D eigenvalue weighted by Crippen LogP contribution is -2.06. The highest BCUT2D eigenvalue weighted by Gasteiger charge is 2.02. The molecule has 0 bridgehead atoms. The second-order valence-corrected chi connectivity index (χ2v) is 4.05. The number of nitrogens with two attached hydrogens (primary N) is 1. The number of pyridine rings is 2. The van der Waals surface area contributed by atoms with E-state index in [9.17, 15) is 0 Å². The van der Waals surface area contributed by atoms with Gasteiger partial charge in [-0.05, 0) is 43.2 Å². The Morgan fingerprint density at radius 3 is 2.82 bits per heavy atom. The molecule has 0 radical (unpaired) electrons. The minimum Gasteiger partial charge on any atom is -0.396 e. The van der Waals surface area contributed by atoms with E-state index in [-0.39, 0.29) is 0 Å². The van der Waals surface area contributed by atoms with E-state index in [1.807, 2.05) is 31.3 Å². The average molecular weight is 228 g/mol. The maximum absolute atomic E-state index is 5.85. The first-order chi connectivity index (χ1) is 8.16. The van der Waals surface area contributed by atoms with E-state index >= 15 is 0 Å². The lowest BCUT2D eigenvalue weighted by atomic mass is 10.1. The smallest absolute Gasteiger partial charge is 0.149 e. The fraction of sp³-hybridized carbons (Fsp3) is 0.231. The molecule has 0 saturated carbocycles. The Kier molecular flexibility index (Phi) is 3.23. The van der Waals surface area contributed by atoms with Crippen LogP contribution in [0.2, 0.25) is 0 Å². The van der Waals surface area contributed by atoms with Crippen molar-refractivity contribution >= 4 is 11.5 Å². The molecule has 2 rings (SSSR count). The molecule has 2 heterocycles. The topological polar surface area (TPSA) is 63.8 Å². The van der Waals surface area contributed by atoms with Crippen molar-refractivity contribution in [2.24, 2.45) is 0 Å². The molecule has 0 aliphatic carbocycles. The molecule has 17 heavy (non-hydrogen) atoms. The normalized spacial score (nSPS) is 10.2. The molecule has 4 nitrogen and oxygen atoms in total. The van der Waals surface area contributed by atoms with E-state index in [4.69, 9.17) is 5.73 Å². The molecule has 2 aromatic rings. The Morgan fingerprint density at radius 1 is 1.24 bits per heavy atom. The van der Waals surface area contributed by atoms with Crippen LogP contribution in [0.15, 0.2) is 30.6 Å². The fourth-order valence-corrected chi connectivity index (χ4v) is 1.57. The summed E-state index contributed by atoms with van der Waals surface area (Å²) in [7, 11) is 0. The molecule has 0 spiro atoms. The summed E-state index contributed by atoms with van der Waals surface area (Å²) in [6.45, 7) is 4.69. The summed E-state index contributed by atoms with van der Waals surface area (Å²) in [5, 5.41) is 3.23. The van der Waals surface area contributed by atoms with Crippen LogP contribution in [0.4, 0.5) is 11.5 Å². The predicted molar refractivity (Wildman–Crippen MR) is 69.7 cm³/mol. The molecule has 0 aliphatic rings. The maximum Gasteiger partial charge on any atom is 0.149 e. The highest BCUT2D eigenvalue weighted by molar-refractivity contribution is 5.61. The van der Waals surface area contributed by atoms with Crippen molar-refractivity contribution in [3.63, 3.8) is 0 Å². The third-order valence-electron chi connectivity index (χ3n) is 2.66. The third kappa shape index (κ3) is 2.72. The summed E-state index contributed by atoms with van der Waals surface area (Å²) in [5.41, 5.74) is 9.82. The number of nitrogens with one attached hydrogen (secondary N) is 1. The zero-order valence-corrected chi connectivity index (χ0v) is 10.1. The highest BCUT2D eigenvalue weighted by atomic mass is 15.0. The van der Waals surface area contributed by atoms with E-state index < -0.39 is 0 Å². The summed E-state index contributed by atoms with van der Waals surface area (Å²) in [4.78, 5) is 8.47. The van der Waals surface area contributed by atoms with Crippen molar-refractivity contribution in [3.05, 3.63) is 47.4 Å². The van der Waals surface area contributed by atoms with Crippen LogP contribution in [-0.2, 0) is 6.54 Å². The van der Waals surface area contributed by atoms with E-state index in [0.717, 1.165) is 17.1 Å². The second kappa shape index (κ2) is 4.82. The fourth-order valence-electron chi connectivity index (χ4n) is 1.57. The van der Waals surface area contributed by atoms with Gasteiger partial charge in [-0.25, -0.2) is 4.98 Å². The first kappa shape index (κ1) is 11.4. The largest absolute Gasteiger partial charge is 0.396 e. The standard InChI is InChI=1S/C13H16N4/c1-9-5-6-15-7-11(9)8-16-13-12(14)4-3-10(2)17-13/h3-7H,8,14H2,1-2H3,(H,16,17). The zero-order valence-electron chi connectivity index (χ0n) is 10.1. The molecular formula is C13H16N4. The van der Waals surface area contributed by atoms with Crippen molar-refractivity contribution in [1.29, 1.82) is 0 Å². The van der Waals surface area contributed by atoms with Crippen LogP contribution in [0.3, 0.4) is 0 Å². The molecule has 88 valence electrons. The van der Waals surface area contributed by atoms with Gasteiger partial charge in [0.15, 0.2) is 0 Å². The number of anilines is 2. The lowest BCUT2D eigenvalue weighted by Gasteiger charge is -2.10. The molecule has 0 saturated heterocycles. The zero-order chi connectivity index (χ0) is 12.3. The number of nitrogen functional groups attached to an aromatic ring is 1. The van der Waals surface area contributed by atoms with E-state index in [1.54, 1.807) is 6.20 Å². The molecule has 0 unspecified atom stereocenters. The van der Waals surface area contributed by atoms with Gasteiger partial charge in [-0.3, -0.25) is 4.98 Å². The maximum atomic E-state index is 5.85. The van der Waals surface area contributed by atoms with Crippen molar-refractivity contribution in [2.75, 3.05) is 11.1 Å². The van der Waals surface area contributed by atoms with E-state index in [2.05, 4.69) is 22.2 Å². The van der Waals surface area contributed by atoms with Crippen LogP contribution in [0.25, 0.3) is 0 Å². The SMILES string of the molecule is Cc1ccc(N)c(NCc2cnccc2C)n1. The van der Waals surface area contributed by atoms with Crippen LogP contribution >= 0.6 is 0 Å². The van der Waals surface area contributed by atoms with E-state index in [0.29, 0.717) is 12.2 Å². The van der Waals surface area contributed by atoms with Crippen molar-refractivity contribution in [3.8, 4) is 0 Å². The Balaban J connectivity index is 2.12. The summed E-state index contributed by atoms with van der Waals surface area (Å²) in [6, 6.07) is 5.75. The van der Waals surface area contributed by atoms with Gasteiger partial charge in [-0.15, -0.1) is 0 Å². The van der Waals surface area contributed by atoms with Gasteiger partial charge in [-0.1, -0.05) is 0 Å². The van der Waals surface area contributed by atoms with Crippen LogP contribution in [0.1, 0.15) is 16.8 Å². The van der Waals surface area contributed by atoms with Crippen LogP contribution in [-0.4, -0.2) is 9.97 Å². The third-order valence-corrected chi connectivity index (χ3v) is 2.66. The molecule has 0 atom stereocenters. The summed E-state index contributed by atoms with van der Waals surface area (Å²) in [6.07, 6.45) is 3.65. The van der Waals surface area contributed by atoms with Gasteiger partial charge in [0, 0.05) is 24.6 Å². The average Bonchev–Trinajstić information content (AvgIpc) is 2.32. The monoisotopic (exact) mass is 228 g/mol. The highest BCUT2D eigenvalue weighted by Crippen LogP contribution is 2.16. The molecular weight excluding hydrogens is 212 g/mol. The van der Waals surface area contributed by atoms with Crippen LogP contribution in [0, 0.1) is 13.8 Å². The van der Waals surface area contributed by atoms with Gasteiger partial charge in [0.1, 0.15) is 5.82 Å². The molecule has 0 fully saturated rings. The van der Waals surface area contributed by atoms with Gasteiger partial charge < -0.3 is 11.1 Å². The van der Waals surface area contributed by atoms with Gasteiger partial charge >= 0.3 is 0 Å². The Labute approximate surface area is 101 Å². The first-order valence-electron chi connectivity index (χ1n) is 5.53. The molecule has 0 aliphatic heterocycles. The van der Waals surface area contributed by atoms with E-state index in [1.165, 1.54) is 5.56 Å². The number of hydrogen-bond acceptors (Lipinski definition) is 4. The molecule has 0 aromatic carbocycles. The minimum atomic E-state index is 0.664. The van der Waals surface area contributed by atoms with Gasteiger partial charge in [0.2, 0.25) is 0 Å². The number of hydrogen-bond donors (Lipinski definition) is 2. The van der Waals surface area contributed by atoms with Gasteiger partial charge in [0.05, 0.1) is 5.69 Å². The van der Waals surface area contributed by atoms with Gasteiger partial charge in [-0.2, -0.15) is 0 Å². The second-order valence-electron chi connectivity index (χ2n) is 4.05. The number of aryl methyl sites for hydroxylation is 2. The summed E-state index contributed by atoms with van der Waals surface area (Å²) >= 11 is 0. The van der Waals surface area contributed by atoms with Crippen molar-refractivity contribution in [1.82, 2.24) is 9.97 Å². The summed E-state index contributed by atoms with van der Waals surface area (Å²) < 4.78 is 0. The van der Waals surface area contributed by atoms with Crippen molar-refractivity contribution in [2.45, 2.75) is 20.4 Å². The molecule has 4 heteroatoms. The molecule has 0 amide bonds. The number of nitrogens with zero attached hydrogens (tertiary/aromatic N) is 2. The van der Waals surface area contributed by atoms with Crippen molar-refractivity contribution < 1.29 is 0 Å². The Hall–Kier alpha value is -2.10. The number of rotatable bonds is 3. The number of aromatic nitrogens is 2. The quantitative estimate of drug-likeness (QED) is 0.846.